The van der Waals surface area contributed by atoms with E-state index >= 15 is 0 Å². The van der Waals surface area contributed by atoms with Gasteiger partial charge in [-0.25, -0.2) is 0 Å². The summed E-state index contributed by atoms with van der Waals surface area (Å²) in [4.78, 5) is 0. The first-order valence-corrected chi connectivity index (χ1v) is 10.4. The molecule has 2 rings (SSSR count). The molecular formula is C19H27NS2. The highest BCUT2D eigenvalue weighted by Gasteiger charge is 2.13. The lowest BCUT2D eigenvalue weighted by Gasteiger charge is -2.19. The molecule has 3 heteroatoms. The van der Waals surface area contributed by atoms with Crippen LogP contribution >= 0.6 is 23.5 Å². The third kappa shape index (κ3) is 7.13. The second kappa shape index (κ2) is 11.0. The van der Waals surface area contributed by atoms with Crippen LogP contribution in [0.4, 0.5) is 0 Å². The Kier molecular flexibility index (Phi) is 8.93. The van der Waals surface area contributed by atoms with Gasteiger partial charge in [0, 0.05) is 6.42 Å². The lowest BCUT2D eigenvalue weighted by atomic mass is 10.0. The maximum Gasteiger partial charge on any atom is 0.0687 e. The molecule has 1 aromatic carbocycles. The van der Waals surface area contributed by atoms with Crippen molar-refractivity contribution in [1.82, 2.24) is 5.32 Å². The van der Waals surface area contributed by atoms with Crippen molar-refractivity contribution in [3.8, 4) is 11.8 Å². The van der Waals surface area contributed by atoms with Crippen molar-refractivity contribution in [2.24, 2.45) is 0 Å². The minimum atomic E-state index is 0.343. The van der Waals surface area contributed by atoms with E-state index in [0.29, 0.717) is 6.04 Å². The van der Waals surface area contributed by atoms with Crippen LogP contribution in [0.15, 0.2) is 30.3 Å². The number of benzene rings is 1. The highest BCUT2D eigenvalue weighted by molar-refractivity contribution is 8.17. The average molecular weight is 334 g/mol. The Morgan fingerprint density at radius 2 is 2.00 bits per heavy atom. The van der Waals surface area contributed by atoms with Gasteiger partial charge in [-0.05, 0) is 56.2 Å². The van der Waals surface area contributed by atoms with E-state index in [4.69, 9.17) is 0 Å². The minimum Gasteiger partial charge on any atom is -0.307 e. The van der Waals surface area contributed by atoms with Crippen molar-refractivity contribution in [1.29, 1.82) is 0 Å². The molecule has 120 valence electrons. The average Bonchev–Trinajstić information content (AvgIpc) is 2.59. The van der Waals surface area contributed by atoms with Gasteiger partial charge in [0.25, 0.3) is 0 Å². The van der Waals surface area contributed by atoms with Crippen LogP contribution in [0.3, 0.4) is 0 Å². The summed E-state index contributed by atoms with van der Waals surface area (Å²) in [6.07, 6.45) is 7.13. The first-order chi connectivity index (χ1) is 10.9. The number of hydrogen-bond acceptors (Lipinski definition) is 3. The van der Waals surface area contributed by atoms with Crippen molar-refractivity contribution < 1.29 is 0 Å². The van der Waals surface area contributed by atoms with E-state index in [1.165, 1.54) is 36.3 Å². The molecule has 1 fully saturated rings. The molecule has 0 radical (unpaired) electrons. The van der Waals surface area contributed by atoms with Gasteiger partial charge in [-0.15, -0.1) is 29.4 Å². The van der Waals surface area contributed by atoms with E-state index in [9.17, 15) is 0 Å². The second-order valence-corrected chi connectivity index (χ2v) is 8.52. The Labute approximate surface area is 144 Å². The van der Waals surface area contributed by atoms with Crippen LogP contribution in [-0.2, 0) is 6.42 Å². The molecule has 22 heavy (non-hydrogen) atoms. The van der Waals surface area contributed by atoms with Crippen LogP contribution in [0.2, 0.25) is 0 Å². The SMILES string of the molecule is CNC(C#CCCC1SCCCS1)CCCc1ccccc1. The molecule has 1 heterocycles. The van der Waals surface area contributed by atoms with Crippen LogP contribution in [-0.4, -0.2) is 29.2 Å². The maximum absolute atomic E-state index is 3.42. The highest BCUT2D eigenvalue weighted by atomic mass is 32.2. The van der Waals surface area contributed by atoms with Gasteiger partial charge in [-0.1, -0.05) is 36.3 Å². The summed E-state index contributed by atoms with van der Waals surface area (Å²) < 4.78 is 0.786. The van der Waals surface area contributed by atoms with Gasteiger partial charge in [-0.3, -0.25) is 0 Å². The Balaban J connectivity index is 1.63. The maximum atomic E-state index is 3.42. The Morgan fingerprint density at radius 1 is 1.23 bits per heavy atom. The number of rotatable bonds is 7. The normalized spacial score (nSPS) is 16.8. The number of aryl methyl sites for hydroxylation is 1. The summed E-state index contributed by atoms with van der Waals surface area (Å²) in [5.74, 6) is 9.48. The molecule has 1 nitrogen and oxygen atoms in total. The lowest BCUT2D eigenvalue weighted by molar-refractivity contribution is 0.598. The zero-order valence-corrected chi connectivity index (χ0v) is 15.1. The Hall–Kier alpha value is -0.560. The van der Waals surface area contributed by atoms with Crippen LogP contribution in [0.1, 0.15) is 37.7 Å². The molecule has 1 N–H and O–H groups in total. The van der Waals surface area contributed by atoms with Crippen molar-refractivity contribution in [3.63, 3.8) is 0 Å². The van der Waals surface area contributed by atoms with Crippen molar-refractivity contribution in [2.75, 3.05) is 18.6 Å². The van der Waals surface area contributed by atoms with E-state index in [2.05, 4.69) is 71.0 Å². The summed E-state index contributed by atoms with van der Waals surface area (Å²) >= 11 is 4.24. The Morgan fingerprint density at radius 3 is 2.73 bits per heavy atom. The monoisotopic (exact) mass is 333 g/mol. The fourth-order valence-electron chi connectivity index (χ4n) is 2.53. The molecule has 1 aliphatic rings. The topological polar surface area (TPSA) is 12.0 Å². The summed E-state index contributed by atoms with van der Waals surface area (Å²) in [6.45, 7) is 0. The van der Waals surface area contributed by atoms with E-state index in [0.717, 1.165) is 23.8 Å². The van der Waals surface area contributed by atoms with Crippen molar-refractivity contribution in [3.05, 3.63) is 35.9 Å². The van der Waals surface area contributed by atoms with E-state index < -0.39 is 0 Å². The fraction of sp³-hybridized carbons (Fsp3) is 0.579. The predicted octanol–water partition coefficient (Wildman–Crippen LogP) is 4.58. The number of hydrogen-bond donors (Lipinski definition) is 1. The van der Waals surface area contributed by atoms with E-state index in [1.54, 1.807) is 0 Å². The first-order valence-electron chi connectivity index (χ1n) is 8.31. The van der Waals surface area contributed by atoms with Crippen molar-refractivity contribution >= 4 is 23.5 Å². The molecule has 1 saturated heterocycles. The van der Waals surface area contributed by atoms with Crippen LogP contribution < -0.4 is 5.32 Å². The molecule has 0 spiro atoms. The molecule has 0 amide bonds. The molecule has 1 unspecified atom stereocenters. The molecule has 0 saturated carbocycles. The van der Waals surface area contributed by atoms with Crippen molar-refractivity contribution in [2.45, 2.75) is 49.1 Å². The molecule has 0 aromatic heterocycles. The number of nitrogens with one attached hydrogen (secondary N) is 1. The van der Waals surface area contributed by atoms with Gasteiger partial charge in [0.15, 0.2) is 0 Å². The van der Waals surface area contributed by atoms with Crippen LogP contribution in [0.5, 0.6) is 0 Å². The summed E-state index contributed by atoms with van der Waals surface area (Å²) in [6, 6.07) is 11.1. The van der Waals surface area contributed by atoms with Gasteiger partial charge in [0.1, 0.15) is 0 Å². The molecule has 1 atom stereocenters. The molecular weight excluding hydrogens is 306 g/mol. The zero-order chi connectivity index (χ0) is 15.5. The van der Waals surface area contributed by atoms with Gasteiger partial charge in [-0.2, -0.15) is 0 Å². The van der Waals surface area contributed by atoms with Crippen LogP contribution in [0, 0.1) is 11.8 Å². The van der Waals surface area contributed by atoms with E-state index in [1.807, 2.05) is 7.05 Å². The molecule has 0 bridgehead atoms. The third-order valence-corrected chi connectivity index (χ3v) is 6.91. The molecule has 0 aliphatic carbocycles. The summed E-state index contributed by atoms with van der Waals surface area (Å²) in [7, 11) is 2.02. The summed E-state index contributed by atoms with van der Waals surface area (Å²) in [5, 5.41) is 3.34. The Bertz CT molecular complexity index is 457. The predicted molar refractivity (Wildman–Crippen MR) is 103 cm³/mol. The molecule has 1 aliphatic heterocycles. The smallest absolute Gasteiger partial charge is 0.0687 e. The molecule has 1 aromatic rings. The van der Waals surface area contributed by atoms with Crippen LogP contribution in [0.25, 0.3) is 0 Å². The fourth-order valence-corrected chi connectivity index (χ4v) is 5.39. The zero-order valence-electron chi connectivity index (χ0n) is 13.5. The van der Waals surface area contributed by atoms with E-state index in [-0.39, 0.29) is 0 Å². The highest BCUT2D eigenvalue weighted by Crippen LogP contribution is 2.33. The lowest BCUT2D eigenvalue weighted by Crippen LogP contribution is -2.23. The van der Waals surface area contributed by atoms with Gasteiger partial charge in [0.05, 0.1) is 10.6 Å². The van der Waals surface area contributed by atoms with Gasteiger partial charge in [0.2, 0.25) is 0 Å². The quantitative estimate of drug-likeness (QED) is 0.734. The second-order valence-electron chi connectivity index (χ2n) is 5.60. The minimum absolute atomic E-state index is 0.343. The summed E-state index contributed by atoms with van der Waals surface area (Å²) in [5.41, 5.74) is 1.43. The largest absolute Gasteiger partial charge is 0.307 e. The number of thioether (sulfide) groups is 2. The third-order valence-electron chi connectivity index (χ3n) is 3.83. The van der Waals surface area contributed by atoms with Gasteiger partial charge < -0.3 is 5.32 Å². The standard InChI is InChI=1S/C19H27NS2/c1-20-18(13-7-11-17-9-3-2-4-10-17)12-5-6-14-19-21-15-8-16-22-19/h2-4,9-10,18-20H,6-8,11,13-16H2,1H3. The first kappa shape index (κ1) is 17.8. The van der Waals surface area contributed by atoms with Gasteiger partial charge >= 0.3 is 0 Å².